The number of amides is 1. The first kappa shape index (κ1) is 15.8. The maximum absolute atomic E-state index is 12.2. The molecular formula is C13H7BrCl2N2O3. The second-order valence-electron chi connectivity index (χ2n) is 4.00. The van der Waals surface area contributed by atoms with Crippen LogP contribution in [-0.2, 0) is 0 Å². The maximum Gasteiger partial charge on any atom is 0.283 e. The molecule has 0 aromatic heterocycles. The molecule has 0 heterocycles. The molecular weight excluding hydrogens is 383 g/mol. The highest BCUT2D eigenvalue weighted by Gasteiger charge is 2.21. The van der Waals surface area contributed by atoms with Crippen LogP contribution in [0.4, 0.5) is 11.4 Å². The average Bonchev–Trinajstić information content (AvgIpc) is 2.41. The second kappa shape index (κ2) is 6.43. The second-order valence-corrected chi connectivity index (χ2v) is 5.72. The first-order chi connectivity index (χ1) is 9.88. The number of halogens is 3. The molecule has 5 nitrogen and oxygen atoms in total. The molecule has 0 bridgehead atoms. The van der Waals surface area contributed by atoms with Gasteiger partial charge in [-0.2, -0.15) is 0 Å². The van der Waals surface area contributed by atoms with Gasteiger partial charge in [0.2, 0.25) is 0 Å². The summed E-state index contributed by atoms with van der Waals surface area (Å²) < 4.78 is 0.569. The lowest BCUT2D eigenvalue weighted by atomic mass is 10.1. The van der Waals surface area contributed by atoms with Gasteiger partial charge in [-0.25, -0.2) is 0 Å². The van der Waals surface area contributed by atoms with Gasteiger partial charge in [0, 0.05) is 20.6 Å². The molecule has 0 fully saturated rings. The molecule has 0 radical (unpaired) electrons. The molecule has 0 saturated heterocycles. The van der Waals surface area contributed by atoms with E-state index in [9.17, 15) is 14.9 Å². The molecule has 108 valence electrons. The monoisotopic (exact) mass is 388 g/mol. The third-order valence-electron chi connectivity index (χ3n) is 2.58. The predicted molar refractivity (Wildman–Crippen MR) is 85.2 cm³/mol. The third-order valence-corrected chi connectivity index (χ3v) is 3.71. The average molecular weight is 390 g/mol. The molecule has 0 aliphatic rings. The minimum Gasteiger partial charge on any atom is -0.321 e. The maximum atomic E-state index is 12.2. The van der Waals surface area contributed by atoms with E-state index >= 15 is 0 Å². The summed E-state index contributed by atoms with van der Waals surface area (Å²) >= 11 is 14.8. The van der Waals surface area contributed by atoms with Crippen LogP contribution < -0.4 is 5.32 Å². The van der Waals surface area contributed by atoms with Gasteiger partial charge >= 0.3 is 0 Å². The Morgan fingerprint density at radius 3 is 2.38 bits per heavy atom. The van der Waals surface area contributed by atoms with Crippen molar-refractivity contribution in [2.75, 3.05) is 5.32 Å². The number of hydrogen-bond acceptors (Lipinski definition) is 3. The van der Waals surface area contributed by atoms with E-state index in [-0.39, 0.29) is 16.3 Å². The van der Waals surface area contributed by atoms with E-state index in [0.29, 0.717) is 15.2 Å². The summed E-state index contributed by atoms with van der Waals surface area (Å²) in [6.07, 6.45) is 0. The van der Waals surface area contributed by atoms with Gasteiger partial charge < -0.3 is 5.32 Å². The van der Waals surface area contributed by atoms with E-state index < -0.39 is 10.8 Å². The molecule has 0 aliphatic carbocycles. The molecule has 0 atom stereocenters. The number of nitro benzene ring substituents is 1. The molecule has 8 heteroatoms. The molecule has 1 amide bonds. The van der Waals surface area contributed by atoms with Gasteiger partial charge in [0.05, 0.1) is 10.6 Å². The zero-order chi connectivity index (χ0) is 15.6. The smallest absolute Gasteiger partial charge is 0.283 e. The standard InChI is InChI=1S/C13H7BrCl2N2O3/c14-10-5-7(15)2-4-11(10)17-13(19)9-3-1-8(16)6-12(9)18(20)21/h1-6H,(H,17,19). The van der Waals surface area contributed by atoms with E-state index in [1.165, 1.54) is 12.1 Å². The minimum atomic E-state index is -0.655. The number of rotatable bonds is 3. The fraction of sp³-hybridized carbons (Fsp3) is 0. The van der Waals surface area contributed by atoms with Crippen LogP contribution in [-0.4, -0.2) is 10.8 Å². The van der Waals surface area contributed by atoms with Crippen molar-refractivity contribution >= 4 is 56.4 Å². The van der Waals surface area contributed by atoms with Crippen molar-refractivity contribution in [3.05, 3.63) is 66.6 Å². The number of hydrogen-bond donors (Lipinski definition) is 1. The van der Waals surface area contributed by atoms with Crippen LogP contribution >= 0.6 is 39.1 Å². The topological polar surface area (TPSA) is 72.2 Å². The first-order valence-electron chi connectivity index (χ1n) is 5.59. The van der Waals surface area contributed by atoms with Gasteiger partial charge in [-0.15, -0.1) is 0 Å². The molecule has 1 N–H and O–H groups in total. The SMILES string of the molecule is O=C(Nc1ccc(Cl)cc1Br)c1ccc(Cl)cc1[N+](=O)[O-]. The quantitative estimate of drug-likeness (QED) is 0.598. The van der Waals surface area contributed by atoms with Gasteiger partial charge in [0.15, 0.2) is 0 Å². The van der Waals surface area contributed by atoms with Crippen molar-refractivity contribution in [2.24, 2.45) is 0 Å². The summed E-state index contributed by atoms with van der Waals surface area (Å²) in [7, 11) is 0. The number of carbonyl (C=O) groups is 1. The number of benzene rings is 2. The molecule has 0 aliphatic heterocycles. The molecule has 21 heavy (non-hydrogen) atoms. The lowest BCUT2D eigenvalue weighted by Crippen LogP contribution is -2.14. The predicted octanol–water partition coefficient (Wildman–Crippen LogP) is 4.92. The number of nitrogens with one attached hydrogen (secondary N) is 1. The van der Waals surface area contributed by atoms with Crippen molar-refractivity contribution in [1.82, 2.24) is 0 Å². The van der Waals surface area contributed by atoms with Crippen molar-refractivity contribution in [2.45, 2.75) is 0 Å². The first-order valence-corrected chi connectivity index (χ1v) is 7.13. The Hall–Kier alpha value is -1.63. The van der Waals surface area contributed by atoms with E-state index in [0.717, 1.165) is 6.07 Å². The Morgan fingerprint density at radius 2 is 1.76 bits per heavy atom. The fourth-order valence-electron chi connectivity index (χ4n) is 1.63. The summed E-state index contributed by atoms with van der Waals surface area (Å²) in [6, 6.07) is 8.64. The van der Waals surface area contributed by atoms with Gasteiger partial charge in [0.1, 0.15) is 5.56 Å². The Labute approximate surface area is 138 Å². The number of nitro groups is 1. The zero-order valence-corrected chi connectivity index (χ0v) is 13.4. The van der Waals surface area contributed by atoms with Gasteiger partial charge in [0.25, 0.3) is 11.6 Å². The Morgan fingerprint density at radius 1 is 1.14 bits per heavy atom. The Balaban J connectivity index is 2.34. The number of carbonyl (C=O) groups excluding carboxylic acids is 1. The molecule has 2 rings (SSSR count). The molecule has 0 spiro atoms. The van der Waals surface area contributed by atoms with E-state index in [2.05, 4.69) is 21.2 Å². The van der Waals surface area contributed by atoms with Crippen molar-refractivity contribution in [1.29, 1.82) is 0 Å². The minimum absolute atomic E-state index is 0.0775. The molecule has 2 aromatic rings. The summed E-state index contributed by atoms with van der Waals surface area (Å²) in [5.74, 6) is -0.610. The number of anilines is 1. The van der Waals surface area contributed by atoms with Gasteiger partial charge in [-0.05, 0) is 46.3 Å². The highest BCUT2D eigenvalue weighted by Crippen LogP contribution is 2.28. The van der Waals surface area contributed by atoms with Crippen LogP contribution in [0.1, 0.15) is 10.4 Å². The highest BCUT2D eigenvalue weighted by molar-refractivity contribution is 9.10. The Kier molecular flexibility index (Phi) is 4.82. The highest BCUT2D eigenvalue weighted by atomic mass is 79.9. The van der Waals surface area contributed by atoms with Crippen molar-refractivity contribution in [3.63, 3.8) is 0 Å². The lowest BCUT2D eigenvalue weighted by Gasteiger charge is -2.08. The summed E-state index contributed by atoms with van der Waals surface area (Å²) in [5.41, 5.74) is 0.0185. The molecule has 2 aromatic carbocycles. The summed E-state index contributed by atoms with van der Waals surface area (Å²) in [4.78, 5) is 22.5. The van der Waals surface area contributed by atoms with E-state index in [1.54, 1.807) is 18.2 Å². The van der Waals surface area contributed by atoms with E-state index in [4.69, 9.17) is 23.2 Å². The van der Waals surface area contributed by atoms with Gasteiger partial charge in [-0.3, -0.25) is 14.9 Å². The fourth-order valence-corrected chi connectivity index (χ4v) is 2.58. The van der Waals surface area contributed by atoms with Crippen LogP contribution in [0.5, 0.6) is 0 Å². The lowest BCUT2D eigenvalue weighted by molar-refractivity contribution is -0.385. The molecule has 0 saturated carbocycles. The van der Waals surface area contributed by atoms with Crippen LogP contribution in [0.15, 0.2) is 40.9 Å². The number of nitrogens with zero attached hydrogens (tertiary/aromatic N) is 1. The van der Waals surface area contributed by atoms with Crippen molar-refractivity contribution in [3.8, 4) is 0 Å². The zero-order valence-electron chi connectivity index (χ0n) is 10.3. The van der Waals surface area contributed by atoms with Crippen LogP contribution in [0, 0.1) is 10.1 Å². The largest absolute Gasteiger partial charge is 0.321 e. The van der Waals surface area contributed by atoms with Gasteiger partial charge in [-0.1, -0.05) is 23.2 Å². The summed E-state index contributed by atoms with van der Waals surface area (Å²) in [6.45, 7) is 0. The normalized spacial score (nSPS) is 10.2. The molecule has 0 unspecified atom stereocenters. The summed E-state index contributed by atoms with van der Waals surface area (Å²) in [5, 5.41) is 14.2. The van der Waals surface area contributed by atoms with E-state index in [1.807, 2.05) is 0 Å². The van der Waals surface area contributed by atoms with Crippen LogP contribution in [0.2, 0.25) is 10.0 Å². The van der Waals surface area contributed by atoms with Crippen LogP contribution in [0.25, 0.3) is 0 Å². The van der Waals surface area contributed by atoms with Crippen molar-refractivity contribution < 1.29 is 9.72 Å². The Bertz CT molecular complexity index is 737. The van der Waals surface area contributed by atoms with Crippen LogP contribution in [0.3, 0.4) is 0 Å². The third kappa shape index (κ3) is 3.72.